The Morgan fingerprint density at radius 3 is 2.40 bits per heavy atom. The average Bonchev–Trinajstić information content (AvgIpc) is 3.63. The fourth-order valence-electron chi connectivity index (χ4n) is 7.95. The van der Waals surface area contributed by atoms with Gasteiger partial charge in [0.2, 0.25) is 5.13 Å². The molecule has 3 aromatic rings. The number of benzene rings is 2. The van der Waals surface area contributed by atoms with Gasteiger partial charge in [-0.25, -0.2) is 14.8 Å². The van der Waals surface area contributed by atoms with Crippen LogP contribution < -0.4 is 9.75 Å². The molecule has 2 aliphatic rings. The van der Waals surface area contributed by atoms with Crippen molar-refractivity contribution < 1.29 is 19.0 Å². The lowest BCUT2D eigenvalue weighted by molar-refractivity contribution is -0.137. The van der Waals surface area contributed by atoms with E-state index in [1.807, 2.05) is 6.21 Å². The van der Waals surface area contributed by atoms with Gasteiger partial charge in [0.1, 0.15) is 5.75 Å². The third kappa shape index (κ3) is 13.5. The molecule has 2 aromatic carbocycles. The van der Waals surface area contributed by atoms with Crippen LogP contribution in [0.25, 0.3) is 10.2 Å². The van der Waals surface area contributed by atoms with Crippen LogP contribution in [-0.4, -0.2) is 49.6 Å². The Hall–Kier alpha value is -3.23. The van der Waals surface area contributed by atoms with E-state index in [0.717, 1.165) is 105 Å². The van der Waals surface area contributed by atoms with E-state index < -0.39 is 0 Å². The number of rotatable bonds is 23. The van der Waals surface area contributed by atoms with Crippen molar-refractivity contribution in [2.45, 2.75) is 141 Å². The molecule has 0 atom stereocenters. The number of anilines is 1. The van der Waals surface area contributed by atoms with Crippen LogP contribution in [0.15, 0.2) is 60.2 Å². The van der Waals surface area contributed by atoms with Gasteiger partial charge >= 0.3 is 5.97 Å². The van der Waals surface area contributed by atoms with Crippen molar-refractivity contribution in [1.29, 1.82) is 0 Å². The zero-order chi connectivity index (χ0) is 37.1. The minimum Gasteiger partial charge on any atom is -0.493 e. The number of unbranched alkanes of at least 4 members (excludes halogenated alkanes) is 6. The Balaban J connectivity index is 1.19. The van der Waals surface area contributed by atoms with Gasteiger partial charge in [-0.1, -0.05) is 88.5 Å². The summed E-state index contributed by atoms with van der Waals surface area (Å²) in [5, 5.41) is 8.22. The lowest BCUT2D eigenvalue weighted by Crippen LogP contribution is -2.25. The Morgan fingerprint density at radius 1 is 0.887 bits per heavy atom. The first-order chi connectivity index (χ1) is 26.1. The average molecular weight is 744 g/mol. The van der Waals surface area contributed by atoms with Gasteiger partial charge in [0.25, 0.3) is 0 Å². The summed E-state index contributed by atoms with van der Waals surface area (Å²) in [4.78, 5) is 16.1. The number of ether oxygens (including phenoxy) is 3. The molecule has 0 aliphatic heterocycles. The van der Waals surface area contributed by atoms with E-state index in [-0.39, 0.29) is 5.97 Å². The number of nitrogens with zero attached hydrogens (tertiary/aromatic N) is 3. The second-order valence-electron chi connectivity index (χ2n) is 15.3. The number of aromatic nitrogens is 1. The zero-order valence-corrected chi connectivity index (χ0v) is 33.5. The molecule has 0 spiro atoms. The van der Waals surface area contributed by atoms with E-state index in [1.54, 1.807) is 11.3 Å². The van der Waals surface area contributed by atoms with Crippen LogP contribution in [0.5, 0.6) is 5.75 Å². The first-order valence-corrected chi connectivity index (χ1v) is 21.7. The molecule has 5 rings (SSSR count). The standard InChI is InChI=1S/C45H65N3O4S/c1-4-7-8-13-29-48(45-47-41-17-11-12-18-43(41)53-45)46-33-39-32-38(37-23-19-35(16-5-2)20-24-37)25-28-42(39)52-34-36-21-26-40(27-22-36)50-30-14-9-10-15-31-51-44(49)6-3/h6,11-12,17-18,25,28,32-33,35-37,40H,3-5,7-10,13-16,19-24,26-27,29-31,34H2,1-2H3/b46-33+. The van der Waals surface area contributed by atoms with Gasteiger partial charge in [0.15, 0.2) is 0 Å². The number of fused-ring (bicyclic) bond motifs is 1. The van der Waals surface area contributed by atoms with Gasteiger partial charge < -0.3 is 14.2 Å². The number of carbonyl (C=O) groups is 1. The molecule has 2 saturated carbocycles. The first-order valence-electron chi connectivity index (χ1n) is 20.9. The van der Waals surface area contributed by atoms with Crippen LogP contribution in [0.4, 0.5) is 5.13 Å². The van der Waals surface area contributed by atoms with Gasteiger partial charge in [-0.05, 0) is 125 Å². The second-order valence-corrected chi connectivity index (χ2v) is 16.3. The predicted molar refractivity (Wildman–Crippen MR) is 222 cm³/mol. The highest BCUT2D eigenvalue weighted by Gasteiger charge is 2.25. The van der Waals surface area contributed by atoms with E-state index in [0.29, 0.717) is 24.5 Å². The normalized spacial score (nSPS) is 20.5. The van der Waals surface area contributed by atoms with E-state index in [2.05, 4.69) is 67.9 Å². The summed E-state index contributed by atoms with van der Waals surface area (Å²) in [6.45, 7) is 10.9. The summed E-state index contributed by atoms with van der Waals surface area (Å²) >= 11 is 1.72. The summed E-state index contributed by atoms with van der Waals surface area (Å²) < 4.78 is 19.2. The number of hydrazone groups is 1. The smallest absolute Gasteiger partial charge is 0.330 e. The molecule has 0 amide bonds. The lowest BCUT2D eigenvalue weighted by atomic mass is 9.77. The van der Waals surface area contributed by atoms with Crippen molar-refractivity contribution in [3.8, 4) is 5.75 Å². The van der Waals surface area contributed by atoms with Crippen molar-refractivity contribution in [2.24, 2.45) is 16.9 Å². The maximum atomic E-state index is 11.2. The van der Waals surface area contributed by atoms with Crippen LogP contribution in [0.1, 0.15) is 146 Å². The number of para-hydroxylation sites is 1. The van der Waals surface area contributed by atoms with Crippen LogP contribution >= 0.6 is 11.3 Å². The fourth-order valence-corrected chi connectivity index (χ4v) is 8.90. The molecular formula is C45H65N3O4S. The third-order valence-electron chi connectivity index (χ3n) is 11.2. The van der Waals surface area contributed by atoms with E-state index in [9.17, 15) is 4.79 Å². The molecule has 290 valence electrons. The number of carbonyl (C=O) groups excluding carboxylic acids is 1. The Bertz CT molecular complexity index is 1510. The monoisotopic (exact) mass is 743 g/mol. The maximum Gasteiger partial charge on any atom is 0.330 e. The molecule has 2 aliphatic carbocycles. The molecule has 7 nitrogen and oxygen atoms in total. The number of hydrogen-bond donors (Lipinski definition) is 0. The fraction of sp³-hybridized carbons (Fsp3) is 0.622. The molecule has 53 heavy (non-hydrogen) atoms. The number of esters is 1. The molecule has 0 bridgehead atoms. The Kier molecular flexibility index (Phi) is 17.7. The molecule has 8 heteroatoms. The Labute approximate surface area is 323 Å². The van der Waals surface area contributed by atoms with Crippen molar-refractivity contribution in [3.05, 3.63) is 66.2 Å². The summed E-state index contributed by atoms with van der Waals surface area (Å²) in [6.07, 6.45) is 24.8. The summed E-state index contributed by atoms with van der Waals surface area (Å²) in [5.41, 5.74) is 3.54. The van der Waals surface area contributed by atoms with Crippen molar-refractivity contribution in [1.82, 2.24) is 4.98 Å². The highest BCUT2D eigenvalue weighted by Crippen LogP contribution is 2.39. The van der Waals surface area contributed by atoms with Crippen LogP contribution in [-0.2, 0) is 14.3 Å². The highest BCUT2D eigenvalue weighted by atomic mass is 32.1. The maximum absolute atomic E-state index is 11.2. The summed E-state index contributed by atoms with van der Waals surface area (Å²) in [7, 11) is 0. The van der Waals surface area contributed by atoms with Crippen molar-refractivity contribution in [2.75, 3.05) is 31.4 Å². The van der Waals surface area contributed by atoms with Crippen molar-refractivity contribution in [3.63, 3.8) is 0 Å². The van der Waals surface area contributed by atoms with E-state index in [1.165, 1.54) is 74.1 Å². The minimum atomic E-state index is -0.340. The van der Waals surface area contributed by atoms with E-state index >= 15 is 0 Å². The molecule has 0 saturated heterocycles. The van der Waals surface area contributed by atoms with Crippen LogP contribution in [0.3, 0.4) is 0 Å². The van der Waals surface area contributed by atoms with Gasteiger partial charge in [0, 0.05) is 24.8 Å². The first kappa shape index (κ1) is 40.9. The van der Waals surface area contributed by atoms with E-state index in [4.69, 9.17) is 24.3 Å². The van der Waals surface area contributed by atoms with Gasteiger partial charge in [0.05, 0.1) is 35.7 Å². The lowest BCUT2D eigenvalue weighted by Gasteiger charge is -2.30. The quantitative estimate of drug-likeness (QED) is 0.0316. The third-order valence-corrected chi connectivity index (χ3v) is 12.2. The largest absolute Gasteiger partial charge is 0.493 e. The number of hydrogen-bond acceptors (Lipinski definition) is 8. The molecule has 0 unspecified atom stereocenters. The van der Waals surface area contributed by atoms with Gasteiger partial charge in [-0.15, -0.1) is 0 Å². The molecule has 1 heterocycles. The molecule has 2 fully saturated rings. The van der Waals surface area contributed by atoms with Gasteiger partial charge in [-0.3, -0.25) is 0 Å². The SMILES string of the molecule is C=CC(=O)OCCCCCCOC1CCC(COc2ccc(C3CCC(CCC)CC3)cc2/C=N/N(CCCCCC)c2nc3ccccc3s2)CC1. The minimum absolute atomic E-state index is 0.340. The zero-order valence-electron chi connectivity index (χ0n) is 32.7. The molecule has 1 aromatic heterocycles. The van der Waals surface area contributed by atoms with Gasteiger partial charge in [-0.2, -0.15) is 5.10 Å². The Morgan fingerprint density at radius 2 is 1.64 bits per heavy atom. The van der Waals surface area contributed by atoms with Crippen LogP contribution in [0, 0.1) is 11.8 Å². The topological polar surface area (TPSA) is 73.2 Å². The summed E-state index contributed by atoms with van der Waals surface area (Å²) in [6, 6.07) is 15.3. The second kappa shape index (κ2) is 22.9. The number of thiazole rings is 1. The predicted octanol–water partition coefficient (Wildman–Crippen LogP) is 12.0. The molecule has 0 radical (unpaired) electrons. The summed E-state index contributed by atoms with van der Waals surface area (Å²) in [5.74, 6) is 2.63. The van der Waals surface area contributed by atoms with Crippen molar-refractivity contribution >= 4 is 38.9 Å². The highest BCUT2D eigenvalue weighted by molar-refractivity contribution is 7.22. The molecule has 0 N–H and O–H groups in total. The van der Waals surface area contributed by atoms with Crippen LogP contribution in [0.2, 0.25) is 0 Å². The molecular weight excluding hydrogens is 679 g/mol.